The molecule has 0 saturated heterocycles. The number of fused-ring (bicyclic) bond motifs is 1. The molecule has 0 unspecified atom stereocenters. The standard InChI is InChI=1S/C23H37N3O3.HI/c1-5-24-21(26-17-23(9-6-10-23)11-12-27-4)25-16-22(2,3)18-7-8-19-20(15-18)29-14-13-28-19;/h7-8,15H,5-6,9-14,16-17H2,1-4H3,(H2,24,25,26);1H. The molecule has 3 rings (SSSR count). The summed E-state index contributed by atoms with van der Waals surface area (Å²) in [5, 5.41) is 6.98. The molecular weight excluding hydrogens is 493 g/mol. The molecule has 1 fully saturated rings. The zero-order valence-corrected chi connectivity index (χ0v) is 21.2. The number of hydrogen-bond donors (Lipinski definition) is 2. The Bertz CT molecular complexity index is 705. The highest BCUT2D eigenvalue weighted by Gasteiger charge is 2.36. The number of methoxy groups -OCH3 is 1. The summed E-state index contributed by atoms with van der Waals surface area (Å²) in [4.78, 5) is 4.91. The number of ether oxygens (including phenoxy) is 3. The smallest absolute Gasteiger partial charge is 0.191 e. The van der Waals surface area contributed by atoms with Gasteiger partial charge in [0.25, 0.3) is 0 Å². The summed E-state index contributed by atoms with van der Waals surface area (Å²) in [6.07, 6.45) is 4.96. The molecule has 0 amide bonds. The SMILES string of the molecule is CCNC(=NCC(C)(C)c1ccc2c(c1)OCCO2)NCC1(CCOC)CCC1.I. The van der Waals surface area contributed by atoms with Gasteiger partial charge in [-0.15, -0.1) is 24.0 Å². The maximum Gasteiger partial charge on any atom is 0.191 e. The van der Waals surface area contributed by atoms with Crippen LogP contribution in [-0.4, -0.2) is 52.5 Å². The first-order valence-corrected chi connectivity index (χ1v) is 10.9. The van der Waals surface area contributed by atoms with Crippen molar-refractivity contribution in [3.8, 4) is 11.5 Å². The first kappa shape index (κ1) is 25.0. The lowest BCUT2D eigenvalue weighted by Crippen LogP contribution is -2.47. The number of guanidine groups is 1. The number of halogens is 1. The summed E-state index contributed by atoms with van der Waals surface area (Å²) in [7, 11) is 1.78. The lowest BCUT2D eigenvalue weighted by molar-refractivity contribution is 0.0732. The number of rotatable bonds is 9. The Hall–Kier alpha value is -1.22. The Morgan fingerprint density at radius 1 is 1.17 bits per heavy atom. The van der Waals surface area contributed by atoms with E-state index in [1.165, 1.54) is 24.8 Å². The van der Waals surface area contributed by atoms with E-state index in [1.807, 2.05) is 6.07 Å². The number of nitrogens with one attached hydrogen (secondary N) is 2. The summed E-state index contributed by atoms with van der Waals surface area (Å²) >= 11 is 0. The third-order valence-corrected chi connectivity index (χ3v) is 6.18. The van der Waals surface area contributed by atoms with E-state index in [-0.39, 0.29) is 29.4 Å². The van der Waals surface area contributed by atoms with Crippen LogP contribution in [0.2, 0.25) is 0 Å². The van der Waals surface area contributed by atoms with Gasteiger partial charge in [0.2, 0.25) is 0 Å². The van der Waals surface area contributed by atoms with E-state index in [9.17, 15) is 0 Å². The number of nitrogens with zero attached hydrogens (tertiary/aromatic N) is 1. The van der Waals surface area contributed by atoms with Crippen molar-refractivity contribution in [1.82, 2.24) is 10.6 Å². The average molecular weight is 531 g/mol. The maximum absolute atomic E-state index is 5.75. The van der Waals surface area contributed by atoms with Crippen LogP contribution in [0, 0.1) is 5.41 Å². The molecule has 170 valence electrons. The Balaban J connectivity index is 0.00000320. The number of benzene rings is 1. The molecule has 0 spiro atoms. The Morgan fingerprint density at radius 2 is 1.90 bits per heavy atom. The molecular formula is C23H38IN3O3. The fraction of sp³-hybridized carbons (Fsp3) is 0.696. The second-order valence-electron chi connectivity index (χ2n) is 8.89. The predicted molar refractivity (Wildman–Crippen MR) is 133 cm³/mol. The molecule has 30 heavy (non-hydrogen) atoms. The van der Waals surface area contributed by atoms with Gasteiger partial charge in [-0.05, 0) is 49.3 Å². The van der Waals surface area contributed by atoms with Crippen molar-refractivity contribution < 1.29 is 14.2 Å². The topological polar surface area (TPSA) is 64.1 Å². The molecule has 1 saturated carbocycles. The van der Waals surface area contributed by atoms with Gasteiger partial charge >= 0.3 is 0 Å². The minimum absolute atomic E-state index is 0. The van der Waals surface area contributed by atoms with Crippen LogP contribution < -0.4 is 20.1 Å². The highest BCUT2D eigenvalue weighted by Crippen LogP contribution is 2.43. The van der Waals surface area contributed by atoms with Gasteiger partial charge < -0.3 is 24.8 Å². The van der Waals surface area contributed by atoms with Gasteiger partial charge in [0.05, 0.1) is 6.54 Å². The monoisotopic (exact) mass is 531 g/mol. The molecule has 2 aliphatic rings. The largest absolute Gasteiger partial charge is 0.486 e. The molecule has 0 atom stereocenters. The van der Waals surface area contributed by atoms with Crippen LogP contribution in [0.25, 0.3) is 0 Å². The van der Waals surface area contributed by atoms with E-state index in [4.69, 9.17) is 19.2 Å². The first-order valence-electron chi connectivity index (χ1n) is 10.9. The van der Waals surface area contributed by atoms with Gasteiger partial charge in [-0.25, -0.2) is 0 Å². The van der Waals surface area contributed by atoms with Crippen LogP contribution in [0.5, 0.6) is 11.5 Å². The zero-order chi connectivity index (χ0) is 20.7. The fourth-order valence-electron chi connectivity index (χ4n) is 3.96. The summed E-state index contributed by atoms with van der Waals surface area (Å²) in [5.41, 5.74) is 1.46. The maximum atomic E-state index is 5.75. The van der Waals surface area contributed by atoms with Gasteiger partial charge in [-0.1, -0.05) is 26.3 Å². The Morgan fingerprint density at radius 3 is 2.53 bits per heavy atom. The number of hydrogen-bond acceptors (Lipinski definition) is 4. The molecule has 1 aromatic carbocycles. The number of aliphatic imine (C=N–C) groups is 1. The van der Waals surface area contributed by atoms with Crippen molar-refractivity contribution in [1.29, 1.82) is 0 Å². The quantitative estimate of drug-likeness (QED) is 0.285. The molecule has 2 N–H and O–H groups in total. The molecule has 0 aromatic heterocycles. The van der Waals surface area contributed by atoms with Gasteiger partial charge in [-0.2, -0.15) is 0 Å². The lowest BCUT2D eigenvalue weighted by Gasteiger charge is -2.42. The summed E-state index contributed by atoms with van der Waals surface area (Å²) in [5.74, 6) is 2.55. The Labute approximate surface area is 198 Å². The van der Waals surface area contributed by atoms with E-state index < -0.39 is 0 Å². The van der Waals surface area contributed by atoms with Crippen LogP contribution in [-0.2, 0) is 10.2 Å². The zero-order valence-electron chi connectivity index (χ0n) is 18.9. The summed E-state index contributed by atoms with van der Waals surface area (Å²) in [6.45, 7) is 11.1. The molecule has 1 heterocycles. The minimum Gasteiger partial charge on any atom is -0.486 e. The van der Waals surface area contributed by atoms with Gasteiger partial charge in [-0.3, -0.25) is 4.99 Å². The second kappa shape index (κ2) is 11.4. The van der Waals surface area contributed by atoms with E-state index in [2.05, 4.69) is 43.5 Å². The molecule has 0 bridgehead atoms. The van der Waals surface area contributed by atoms with Crippen molar-refractivity contribution in [3.63, 3.8) is 0 Å². The highest BCUT2D eigenvalue weighted by atomic mass is 127. The average Bonchev–Trinajstić information content (AvgIpc) is 2.70. The second-order valence-corrected chi connectivity index (χ2v) is 8.89. The van der Waals surface area contributed by atoms with Crippen LogP contribution >= 0.6 is 24.0 Å². The van der Waals surface area contributed by atoms with E-state index in [0.717, 1.165) is 43.6 Å². The van der Waals surface area contributed by atoms with E-state index in [1.54, 1.807) is 7.11 Å². The van der Waals surface area contributed by atoms with Crippen LogP contribution in [0.4, 0.5) is 0 Å². The highest BCUT2D eigenvalue weighted by molar-refractivity contribution is 14.0. The molecule has 1 aliphatic heterocycles. The van der Waals surface area contributed by atoms with Crippen molar-refractivity contribution in [3.05, 3.63) is 23.8 Å². The van der Waals surface area contributed by atoms with Gasteiger partial charge in [0.1, 0.15) is 13.2 Å². The molecule has 1 aromatic rings. The first-order chi connectivity index (χ1) is 14.0. The normalized spacial score (nSPS) is 17.5. The van der Waals surface area contributed by atoms with Crippen LogP contribution in [0.1, 0.15) is 52.0 Å². The van der Waals surface area contributed by atoms with Gasteiger partial charge in [0.15, 0.2) is 17.5 Å². The summed E-state index contributed by atoms with van der Waals surface area (Å²) in [6, 6.07) is 6.23. The van der Waals surface area contributed by atoms with Gasteiger partial charge in [0, 0.05) is 32.2 Å². The van der Waals surface area contributed by atoms with E-state index in [0.29, 0.717) is 25.2 Å². The van der Waals surface area contributed by atoms with Crippen molar-refractivity contribution >= 4 is 29.9 Å². The molecule has 7 heteroatoms. The minimum atomic E-state index is -0.109. The molecule has 6 nitrogen and oxygen atoms in total. The van der Waals surface area contributed by atoms with Crippen LogP contribution in [0.15, 0.2) is 23.2 Å². The third kappa shape index (κ3) is 6.39. The Kier molecular flexibility index (Phi) is 9.53. The van der Waals surface area contributed by atoms with Crippen LogP contribution in [0.3, 0.4) is 0 Å². The molecule has 0 radical (unpaired) electrons. The van der Waals surface area contributed by atoms with Crippen molar-refractivity contribution in [2.75, 3.05) is 46.6 Å². The van der Waals surface area contributed by atoms with Crippen molar-refractivity contribution in [2.24, 2.45) is 10.4 Å². The summed E-state index contributed by atoms with van der Waals surface area (Å²) < 4.78 is 16.7. The van der Waals surface area contributed by atoms with Crippen molar-refractivity contribution in [2.45, 2.75) is 51.9 Å². The third-order valence-electron chi connectivity index (χ3n) is 6.18. The predicted octanol–water partition coefficient (Wildman–Crippen LogP) is 4.12. The van der Waals surface area contributed by atoms with E-state index >= 15 is 0 Å². The fourth-order valence-corrected chi connectivity index (χ4v) is 3.96. The lowest BCUT2D eigenvalue weighted by atomic mass is 9.67. The molecule has 1 aliphatic carbocycles.